The third kappa shape index (κ3) is 3.38. The van der Waals surface area contributed by atoms with Gasteiger partial charge in [-0.25, -0.2) is 0 Å². The van der Waals surface area contributed by atoms with Crippen molar-refractivity contribution in [3.63, 3.8) is 0 Å². The molecule has 0 aromatic heterocycles. The highest BCUT2D eigenvalue weighted by atomic mass is 16.2. The summed E-state index contributed by atoms with van der Waals surface area (Å²) >= 11 is 0. The van der Waals surface area contributed by atoms with E-state index in [1.54, 1.807) is 12.1 Å². The molecule has 0 aliphatic carbocycles. The van der Waals surface area contributed by atoms with Gasteiger partial charge < -0.3 is 10.2 Å². The molecule has 108 valence electrons. The average molecular weight is 274 g/mol. The number of carbonyl (C=O) groups excluding carboxylic acids is 2. The molecule has 1 saturated heterocycles. The van der Waals surface area contributed by atoms with Crippen LogP contribution < -0.4 is 5.32 Å². The van der Waals surface area contributed by atoms with E-state index in [4.69, 9.17) is 0 Å². The van der Waals surface area contributed by atoms with Gasteiger partial charge in [-0.15, -0.1) is 0 Å². The van der Waals surface area contributed by atoms with Gasteiger partial charge in [-0.1, -0.05) is 18.2 Å². The van der Waals surface area contributed by atoms with Crippen LogP contribution >= 0.6 is 0 Å². The van der Waals surface area contributed by atoms with Crippen LogP contribution in [0.2, 0.25) is 0 Å². The van der Waals surface area contributed by atoms with Crippen molar-refractivity contribution in [3.05, 3.63) is 35.9 Å². The number of amides is 2. The first kappa shape index (κ1) is 14.6. The molecule has 4 nitrogen and oxygen atoms in total. The lowest BCUT2D eigenvalue weighted by Crippen LogP contribution is -2.51. The van der Waals surface area contributed by atoms with Gasteiger partial charge in [-0.2, -0.15) is 0 Å². The van der Waals surface area contributed by atoms with Gasteiger partial charge >= 0.3 is 0 Å². The summed E-state index contributed by atoms with van der Waals surface area (Å²) in [5.74, 6) is -0.190. The maximum Gasteiger partial charge on any atom is 0.251 e. The normalized spacial score (nSPS) is 22.4. The zero-order chi connectivity index (χ0) is 14.5. The summed E-state index contributed by atoms with van der Waals surface area (Å²) in [6, 6.07) is 9.49. The third-order valence-corrected chi connectivity index (χ3v) is 3.92. The van der Waals surface area contributed by atoms with E-state index < -0.39 is 0 Å². The van der Waals surface area contributed by atoms with Crippen molar-refractivity contribution in [1.29, 1.82) is 0 Å². The number of carbonyl (C=O) groups is 2. The zero-order valence-electron chi connectivity index (χ0n) is 12.1. The zero-order valence-corrected chi connectivity index (χ0v) is 12.1. The average Bonchev–Trinajstić information content (AvgIpc) is 2.45. The molecule has 4 heteroatoms. The quantitative estimate of drug-likeness (QED) is 0.918. The Balaban J connectivity index is 1.90. The van der Waals surface area contributed by atoms with E-state index in [9.17, 15) is 9.59 Å². The molecule has 1 aliphatic heterocycles. The van der Waals surface area contributed by atoms with Crippen LogP contribution in [0.15, 0.2) is 30.3 Å². The summed E-state index contributed by atoms with van der Waals surface area (Å²) in [7, 11) is 0. The molecule has 1 aromatic rings. The highest BCUT2D eigenvalue weighted by Gasteiger charge is 2.28. The van der Waals surface area contributed by atoms with Gasteiger partial charge in [0.25, 0.3) is 5.91 Å². The summed E-state index contributed by atoms with van der Waals surface area (Å²) in [5, 5.41) is 2.71. The summed E-state index contributed by atoms with van der Waals surface area (Å²) in [5.41, 5.74) is 0.583. The van der Waals surface area contributed by atoms with Crippen LogP contribution in [0.5, 0.6) is 0 Å². The van der Waals surface area contributed by atoms with Gasteiger partial charge in [-0.05, 0) is 45.2 Å². The number of rotatable bonds is 3. The fourth-order valence-electron chi connectivity index (χ4n) is 2.85. The van der Waals surface area contributed by atoms with Gasteiger partial charge in [0.2, 0.25) is 5.91 Å². The highest BCUT2D eigenvalue weighted by Crippen LogP contribution is 2.22. The van der Waals surface area contributed by atoms with E-state index in [1.165, 1.54) is 6.42 Å². The second kappa shape index (κ2) is 6.55. The van der Waals surface area contributed by atoms with Crippen molar-refractivity contribution >= 4 is 11.8 Å². The first-order chi connectivity index (χ1) is 9.59. The Hall–Kier alpha value is -1.84. The standard InChI is InChI=1S/C16H22N2O2/c1-12-7-6-8-13(2)18(12)15(19)11-17-16(20)14-9-4-3-5-10-14/h3-5,9-10,12-13H,6-8,11H2,1-2H3,(H,17,20). The molecule has 2 unspecified atom stereocenters. The van der Waals surface area contributed by atoms with Crippen LogP contribution in [0.4, 0.5) is 0 Å². The van der Waals surface area contributed by atoms with Crippen molar-refractivity contribution in [2.75, 3.05) is 6.54 Å². The lowest BCUT2D eigenvalue weighted by Gasteiger charge is -2.39. The molecular formula is C16H22N2O2. The molecular weight excluding hydrogens is 252 g/mol. The molecule has 0 bridgehead atoms. The fraction of sp³-hybridized carbons (Fsp3) is 0.500. The fourth-order valence-corrected chi connectivity index (χ4v) is 2.85. The molecule has 2 rings (SSSR count). The molecule has 2 amide bonds. The van der Waals surface area contributed by atoms with Crippen LogP contribution in [0.25, 0.3) is 0 Å². The van der Waals surface area contributed by atoms with Crippen molar-refractivity contribution in [1.82, 2.24) is 10.2 Å². The number of nitrogens with zero attached hydrogens (tertiary/aromatic N) is 1. The Morgan fingerprint density at radius 1 is 1.15 bits per heavy atom. The highest BCUT2D eigenvalue weighted by molar-refractivity contribution is 5.96. The maximum absolute atomic E-state index is 12.3. The van der Waals surface area contributed by atoms with Crippen LogP contribution in [-0.4, -0.2) is 35.3 Å². The lowest BCUT2D eigenvalue weighted by molar-refractivity contribution is -0.136. The van der Waals surface area contributed by atoms with E-state index in [2.05, 4.69) is 19.2 Å². The Morgan fingerprint density at radius 3 is 2.35 bits per heavy atom. The van der Waals surface area contributed by atoms with Crippen LogP contribution in [-0.2, 0) is 4.79 Å². The van der Waals surface area contributed by atoms with Crippen molar-refractivity contribution in [3.8, 4) is 0 Å². The molecule has 20 heavy (non-hydrogen) atoms. The summed E-state index contributed by atoms with van der Waals surface area (Å²) in [6.07, 6.45) is 3.26. The molecule has 1 heterocycles. The minimum atomic E-state index is -0.198. The van der Waals surface area contributed by atoms with Crippen LogP contribution in [0, 0.1) is 0 Å². The van der Waals surface area contributed by atoms with E-state index in [1.807, 2.05) is 23.1 Å². The summed E-state index contributed by atoms with van der Waals surface area (Å²) < 4.78 is 0. The smallest absolute Gasteiger partial charge is 0.251 e. The Morgan fingerprint density at radius 2 is 1.75 bits per heavy atom. The monoisotopic (exact) mass is 274 g/mol. The predicted molar refractivity (Wildman–Crippen MR) is 78.4 cm³/mol. The van der Waals surface area contributed by atoms with E-state index in [0.717, 1.165) is 12.8 Å². The number of benzene rings is 1. The third-order valence-electron chi connectivity index (χ3n) is 3.92. The van der Waals surface area contributed by atoms with E-state index >= 15 is 0 Å². The van der Waals surface area contributed by atoms with Crippen molar-refractivity contribution in [2.24, 2.45) is 0 Å². The molecule has 1 aromatic carbocycles. The van der Waals surface area contributed by atoms with Gasteiger partial charge in [0.1, 0.15) is 0 Å². The second-order valence-corrected chi connectivity index (χ2v) is 5.48. The first-order valence-corrected chi connectivity index (χ1v) is 7.24. The van der Waals surface area contributed by atoms with Gasteiger partial charge in [-0.3, -0.25) is 9.59 Å². The number of nitrogens with one attached hydrogen (secondary N) is 1. The summed E-state index contributed by atoms with van der Waals surface area (Å²) in [4.78, 5) is 26.1. The Kier molecular flexibility index (Phi) is 4.77. The summed E-state index contributed by atoms with van der Waals surface area (Å²) in [6.45, 7) is 4.22. The molecule has 1 fully saturated rings. The molecule has 0 saturated carbocycles. The Labute approximate surface area is 120 Å². The number of likely N-dealkylation sites (tertiary alicyclic amines) is 1. The first-order valence-electron chi connectivity index (χ1n) is 7.24. The van der Waals surface area contributed by atoms with Crippen LogP contribution in [0.1, 0.15) is 43.5 Å². The second-order valence-electron chi connectivity index (χ2n) is 5.48. The Bertz CT molecular complexity index is 463. The molecule has 0 spiro atoms. The molecule has 2 atom stereocenters. The van der Waals surface area contributed by atoms with Gasteiger partial charge in [0, 0.05) is 17.6 Å². The number of hydrogen-bond donors (Lipinski definition) is 1. The number of piperidine rings is 1. The minimum absolute atomic E-state index is 0.00832. The lowest BCUT2D eigenvalue weighted by atomic mass is 9.97. The van der Waals surface area contributed by atoms with Crippen molar-refractivity contribution < 1.29 is 9.59 Å². The topological polar surface area (TPSA) is 49.4 Å². The predicted octanol–water partition coefficient (Wildman–Crippen LogP) is 2.21. The number of hydrogen-bond acceptors (Lipinski definition) is 2. The molecule has 1 N–H and O–H groups in total. The molecule has 1 aliphatic rings. The maximum atomic E-state index is 12.3. The van der Waals surface area contributed by atoms with Crippen LogP contribution in [0.3, 0.4) is 0 Å². The van der Waals surface area contributed by atoms with Crippen molar-refractivity contribution in [2.45, 2.75) is 45.2 Å². The minimum Gasteiger partial charge on any atom is -0.343 e. The SMILES string of the molecule is CC1CCCC(C)N1C(=O)CNC(=O)c1ccccc1. The van der Waals surface area contributed by atoms with E-state index in [-0.39, 0.29) is 30.4 Å². The largest absolute Gasteiger partial charge is 0.343 e. The molecule has 0 radical (unpaired) electrons. The van der Waals surface area contributed by atoms with Gasteiger partial charge in [0.15, 0.2) is 0 Å². The van der Waals surface area contributed by atoms with E-state index in [0.29, 0.717) is 5.56 Å². The van der Waals surface area contributed by atoms with Gasteiger partial charge in [0.05, 0.1) is 6.54 Å².